The number of hydrogen-bond donors (Lipinski definition) is 3. The van der Waals surface area contributed by atoms with Gasteiger partial charge in [-0.3, -0.25) is 9.79 Å². The van der Waals surface area contributed by atoms with Crippen LogP contribution in [0.5, 0.6) is 0 Å². The number of aliphatic imine (C=N–C) groups is 1. The predicted octanol–water partition coefficient (Wildman–Crippen LogP) is 1.31. The Bertz CT molecular complexity index is 589. The summed E-state index contributed by atoms with van der Waals surface area (Å²) in [7, 11) is 1.69. The third-order valence-electron chi connectivity index (χ3n) is 2.60. The van der Waals surface area contributed by atoms with Crippen molar-refractivity contribution < 1.29 is 9.21 Å². The van der Waals surface area contributed by atoms with E-state index in [0.29, 0.717) is 24.8 Å². The summed E-state index contributed by atoms with van der Waals surface area (Å²) in [5, 5.41) is 10.4. The van der Waals surface area contributed by atoms with Gasteiger partial charge in [-0.1, -0.05) is 0 Å². The summed E-state index contributed by atoms with van der Waals surface area (Å²) < 4.78 is 5.27. The molecule has 2 aromatic heterocycles. The molecule has 0 bridgehead atoms. The number of primary amides is 1. The highest BCUT2D eigenvalue weighted by Gasteiger charge is 2.07. The van der Waals surface area contributed by atoms with Crippen LogP contribution in [0.15, 0.2) is 38.4 Å². The summed E-state index contributed by atoms with van der Waals surface area (Å²) >= 11 is 1.66. The van der Waals surface area contributed by atoms with Crippen molar-refractivity contribution in [3.05, 3.63) is 46.0 Å². The minimum absolute atomic E-state index is 0.156. The Labute approximate surface area is 120 Å². The van der Waals surface area contributed by atoms with Crippen molar-refractivity contribution in [2.75, 3.05) is 7.05 Å². The van der Waals surface area contributed by atoms with Crippen molar-refractivity contribution in [2.24, 2.45) is 10.7 Å². The quantitative estimate of drug-likeness (QED) is 0.572. The Morgan fingerprint density at radius 3 is 2.75 bits per heavy atom. The summed E-state index contributed by atoms with van der Waals surface area (Å²) in [4.78, 5) is 15.0. The van der Waals surface area contributed by atoms with E-state index in [1.165, 1.54) is 5.56 Å². The van der Waals surface area contributed by atoms with Crippen LogP contribution in [0.2, 0.25) is 0 Å². The lowest BCUT2D eigenvalue weighted by molar-refractivity contribution is 0.0972. The van der Waals surface area contributed by atoms with Gasteiger partial charge in [-0.2, -0.15) is 11.3 Å². The highest BCUT2D eigenvalue weighted by molar-refractivity contribution is 7.07. The zero-order valence-corrected chi connectivity index (χ0v) is 11.9. The van der Waals surface area contributed by atoms with Crippen molar-refractivity contribution >= 4 is 23.2 Å². The smallest absolute Gasteiger partial charge is 0.284 e. The van der Waals surface area contributed by atoms with E-state index in [1.807, 2.05) is 5.38 Å². The number of thiophene rings is 1. The molecule has 106 valence electrons. The molecule has 0 saturated heterocycles. The molecule has 0 aliphatic carbocycles. The molecule has 2 rings (SSSR count). The SMILES string of the molecule is CN=C(NCc1ccsc1)NCc1ccc(C(N)=O)o1. The topological polar surface area (TPSA) is 92.6 Å². The van der Waals surface area contributed by atoms with Gasteiger partial charge in [0.2, 0.25) is 0 Å². The van der Waals surface area contributed by atoms with Crippen LogP contribution < -0.4 is 16.4 Å². The van der Waals surface area contributed by atoms with Gasteiger partial charge >= 0.3 is 0 Å². The Morgan fingerprint density at radius 1 is 1.35 bits per heavy atom. The van der Waals surface area contributed by atoms with Gasteiger partial charge < -0.3 is 20.8 Å². The van der Waals surface area contributed by atoms with E-state index in [0.717, 1.165) is 0 Å². The molecule has 0 fully saturated rings. The van der Waals surface area contributed by atoms with Crippen LogP contribution in [0.1, 0.15) is 21.9 Å². The highest BCUT2D eigenvalue weighted by atomic mass is 32.1. The molecule has 0 aliphatic rings. The molecule has 0 unspecified atom stereocenters. The second kappa shape index (κ2) is 6.76. The summed E-state index contributed by atoms with van der Waals surface area (Å²) in [6.07, 6.45) is 0. The van der Waals surface area contributed by atoms with Crippen molar-refractivity contribution in [3.8, 4) is 0 Å². The van der Waals surface area contributed by atoms with Gasteiger partial charge in [-0.25, -0.2) is 0 Å². The molecule has 0 aromatic carbocycles. The van der Waals surface area contributed by atoms with Gasteiger partial charge in [0.05, 0.1) is 6.54 Å². The van der Waals surface area contributed by atoms with Crippen molar-refractivity contribution in [3.63, 3.8) is 0 Å². The third-order valence-corrected chi connectivity index (χ3v) is 3.33. The lowest BCUT2D eigenvalue weighted by Gasteiger charge is -2.10. The molecule has 20 heavy (non-hydrogen) atoms. The Hall–Kier alpha value is -2.28. The van der Waals surface area contributed by atoms with E-state index < -0.39 is 5.91 Å². The second-order valence-electron chi connectivity index (χ2n) is 4.04. The molecule has 0 saturated carbocycles. The van der Waals surface area contributed by atoms with Gasteiger partial charge in [0.15, 0.2) is 11.7 Å². The van der Waals surface area contributed by atoms with Crippen LogP contribution in [0.3, 0.4) is 0 Å². The molecule has 6 nitrogen and oxygen atoms in total. The molecular formula is C13H16N4O2S. The maximum atomic E-state index is 10.9. The van der Waals surface area contributed by atoms with Crippen molar-refractivity contribution in [1.29, 1.82) is 0 Å². The fraction of sp³-hybridized carbons (Fsp3) is 0.231. The van der Waals surface area contributed by atoms with E-state index >= 15 is 0 Å². The van der Waals surface area contributed by atoms with Crippen LogP contribution in [0.4, 0.5) is 0 Å². The first-order chi connectivity index (χ1) is 9.69. The second-order valence-corrected chi connectivity index (χ2v) is 4.82. The number of rotatable bonds is 5. The standard InChI is InChI=1S/C13H16N4O2S/c1-15-13(16-6-9-4-5-20-8-9)17-7-10-2-3-11(19-10)12(14)18/h2-5,8H,6-7H2,1H3,(H2,14,18)(H2,15,16,17). The summed E-state index contributed by atoms with van der Waals surface area (Å²) in [5.74, 6) is 0.866. The molecule has 0 atom stereocenters. The number of nitrogens with zero attached hydrogens (tertiary/aromatic N) is 1. The van der Waals surface area contributed by atoms with Crippen molar-refractivity contribution in [2.45, 2.75) is 13.1 Å². The number of carbonyl (C=O) groups is 1. The number of guanidine groups is 1. The first-order valence-corrected chi connectivity index (χ1v) is 6.97. The Morgan fingerprint density at radius 2 is 2.15 bits per heavy atom. The largest absolute Gasteiger partial charge is 0.454 e. The number of carbonyl (C=O) groups excluding carboxylic acids is 1. The monoisotopic (exact) mass is 292 g/mol. The molecule has 7 heteroatoms. The molecule has 0 aliphatic heterocycles. The predicted molar refractivity (Wildman–Crippen MR) is 78.6 cm³/mol. The van der Waals surface area contributed by atoms with Crippen LogP contribution >= 0.6 is 11.3 Å². The Kier molecular flexibility index (Phi) is 4.78. The van der Waals surface area contributed by atoms with Crippen LogP contribution in [-0.4, -0.2) is 18.9 Å². The summed E-state index contributed by atoms with van der Waals surface area (Å²) in [5.41, 5.74) is 6.32. The molecule has 4 N–H and O–H groups in total. The van der Waals surface area contributed by atoms with E-state index in [1.54, 1.807) is 30.5 Å². The minimum atomic E-state index is -0.573. The minimum Gasteiger partial charge on any atom is -0.454 e. The van der Waals surface area contributed by atoms with Crippen LogP contribution in [-0.2, 0) is 13.1 Å². The average molecular weight is 292 g/mol. The summed E-state index contributed by atoms with van der Waals surface area (Å²) in [6, 6.07) is 5.32. The van der Waals surface area contributed by atoms with E-state index in [9.17, 15) is 4.79 Å². The Balaban J connectivity index is 1.82. The maximum Gasteiger partial charge on any atom is 0.284 e. The lowest BCUT2D eigenvalue weighted by atomic mass is 10.3. The zero-order valence-electron chi connectivity index (χ0n) is 11.1. The molecular weight excluding hydrogens is 276 g/mol. The van der Waals surface area contributed by atoms with E-state index in [2.05, 4.69) is 27.1 Å². The first kappa shape index (κ1) is 14.1. The van der Waals surface area contributed by atoms with Crippen LogP contribution in [0, 0.1) is 0 Å². The molecule has 0 radical (unpaired) electrons. The summed E-state index contributed by atoms with van der Waals surface area (Å²) in [6.45, 7) is 1.13. The van der Waals surface area contributed by atoms with Crippen molar-refractivity contribution in [1.82, 2.24) is 10.6 Å². The fourth-order valence-electron chi connectivity index (χ4n) is 1.58. The van der Waals surface area contributed by atoms with Gasteiger partial charge in [-0.05, 0) is 34.5 Å². The van der Waals surface area contributed by atoms with Gasteiger partial charge in [0, 0.05) is 13.6 Å². The molecule has 2 aromatic rings. The number of hydrogen-bond acceptors (Lipinski definition) is 4. The lowest BCUT2D eigenvalue weighted by Crippen LogP contribution is -2.36. The van der Waals surface area contributed by atoms with Gasteiger partial charge in [-0.15, -0.1) is 0 Å². The molecule has 0 spiro atoms. The van der Waals surface area contributed by atoms with E-state index in [-0.39, 0.29) is 5.76 Å². The normalized spacial score (nSPS) is 11.3. The number of nitrogens with two attached hydrogens (primary N) is 1. The zero-order chi connectivity index (χ0) is 14.4. The first-order valence-electron chi connectivity index (χ1n) is 6.03. The average Bonchev–Trinajstić information content (AvgIpc) is 3.10. The van der Waals surface area contributed by atoms with E-state index in [4.69, 9.17) is 10.2 Å². The number of nitrogens with one attached hydrogen (secondary N) is 2. The van der Waals surface area contributed by atoms with Gasteiger partial charge in [0.1, 0.15) is 5.76 Å². The fourth-order valence-corrected chi connectivity index (χ4v) is 2.24. The molecule has 2 heterocycles. The van der Waals surface area contributed by atoms with Gasteiger partial charge in [0.25, 0.3) is 5.91 Å². The number of furan rings is 1. The maximum absolute atomic E-state index is 10.9. The number of amides is 1. The highest BCUT2D eigenvalue weighted by Crippen LogP contribution is 2.07. The third kappa shape index (κ3) is 3.86. The van der Waals surface area contributed by atoms with Crippen LogP contribution in [0.25, 0.3) is 0 Å². The molecule has 1 amide bonds.